The molecular weight excluding hydrogens is 485 g/mol. The predicted octanol–water partition coefficient (Wildman–Crippen LogP) is 4.01. The molecule has 0 aliphatic rings. The molecule has 1 N–H and O–H groups in total. The van der Waals surface area contributed by atoms with Crippen molar-refractivity contribution >= 4 is 50.7 Å². The van der Waals surface area contributed by atoms with Gasteiger partial charge in [-0.05, 0) is 49.6 Å². The first-order chi connectivity index (χ1) is 15.5. The maximum atomic E-state index is 13.4. The molecule has 0 radical (unpaired) electrons. The predicted molar refractivity (Wildman–Crippen MR) is 133 cm³/mol. The minimum absolute atomic E-state index is 0.0573. The van der Waals surface area contributed by atoms with Crippen LogP contribution >= 0.6 is 23.2 Å². The number of amides is 2. The van der Waals surface area contributed by atoms with Crippen molar-refractivity contribution in [3.8, 4) is 0 Å². The Morgan fingerprint density at radius 3 is 2.33 bits per heavy atom. The van der Waals surface area contributed by atoms with Gasteiger partial charge in [-0.1, -0.05) is 54.4 Å². The Labute approximate surface area is 205 Å². The van der Waals surface area contributed by atoms with Gasteiger partial charge in [0.1, 0.15) is 12.6 Å². The number of rotatable bonds is 10. The molecule has 0 spiro atoms. The van der Waals surface area contributed by atoms with E-state index in [1.807, 2.05) is 6.92 Å². The number of hydrogen-bond donors (Lipinski definition) is 1. The molecule has 2 amide bonds. The molecule has 2 aromatic carbocycles. The number of halogens is 2. The number of carbonyl (C=O) groups excluding carboxylic acids is 2. The maximum absolute atomic E-state index is 13.4. The van der Waals surface area contributed by atoms with E-state index in [0.717, 1.165) is 17.0 Å². The normalized spacial score (nSPS) is 12.2. The number of carbonyl (C=O) groups is 2. The Balaban J connectivity index is 2.40. The van der Waals surface area contributed by atoms with Crippen molar-refractivity contribution in [2.75, 3.05) is 23.7 Å². The molecule has 0 aliphatic heterocycles. The van der Waals surface area contributed by atoms with Crippen molar-refractivity contribution in [3.63, 3.8) is 0 Å². The lowest BCUT2D eigenvalue weighted by atomic mass is 10.1. The van der Waals surface area contributed by atoms with Gasteiger partial charge >= 0.3 is 0 Å². The largest absolute Gasteiger partial charge is 0.354 e. The number of nitrogens with one attached hydrogen (secondary N) is 1. The summed E-state index contributed by atoms with van der Waals surface area (Å²) in [6.45, 7) is 5.38. The number of para-hydroxylation sites is 1. The summed E-state index contributed by atoms with van der Waals surface area (Å²) < 4.78 is 26.2. The standard InChI is InChI=1S/C23H29Cl2N3O4S/c1-5-12-26-23(30)17(3)27(14-18-10-11-19(24)20(25)13-18)22(29)15-28(33(4,31)32)21-9-7-6-8-16(21)2/h6-11,13,17H,5,12,14-15H2,1-4H3,(H,26,30)/t17-/m0/s1. The Kier molecular flexibility index (Phi) is 9.57. The second-order valence-corrected chi connectivity index (χ2v) is 10.5. The molecule has 33 heavy (non-hydrogen) atoms. The molecule has 0 heterocycles. The lowest BCUT2D eigenvalue weighted by Crippen LogP contribution is -2.51. The van der Waals surface area contributed by atoms with Gasteiger partial charge in [-0.15, -0.1) is 0 Å². The summed E-state index contributed by atoms with van der Waals surface area (Å²) in [5, 5.41) is 3.48. The van der Waals surface area contributed by atoms with E-state index in [2.05, 4.69) is 5.32 Å². The smallest absolute Gasteiger partial charge is 0.244 e. The zero-order valence-electron chi connectivity index (χ0n) is 19.1. The van der Waals surface area contributed by atoms with Crippen molar-refractivity contribution in [1.82, 2.24) is 10.2 Å². The van der Waals surface area contributed by atoms with Gasteiger partial charge in [-0.2, -0.15) is 0 Å². The van der Waals surface area contributed by atoms with Crippen LogP contribution in [-0.2, 0) is 26.2 Å². The Morgan fingerprint density at radius 1 is 1.09 bits per heavy atom. The minimum Gasteiger partial charge on any atom is -0.354 e. The van der Waals surface area contributed by atoms with Crippen LogP contribution in [0.15, 0.2) is 42.5 Å². The van der Waals surface area contributed by atoms with Crippen LogP contribution in [0.25, 0.3) is 0 Å². The maximum Gasteiger partial charge on any atom is 0.244 e. The van der Waals surface area contributed by atoms with Crippen LogP contribution in [-0.4, -0.2) is 50.5 Å². The summed E-state index contributed by atoms with van der Waals surface area (Å²) in [6, 6.07) is 11.0. The van der Waals surface area contributed by atoms with E-state index in [-0.39, 0.29) is 12.5 Å². The highest BCUT2D eigenvalue weighted by Crippen LogP contribution is 2.25. The van der Waals surface area contributed by atoms with Gasteiger partial charge in [-0.25, -0.2) is 8.42 Å². The average Bonchev–Trinajstić information content (AvgIpc) is 2.75. The van der Waals surface area contributed by atoms with Gasteiger partial charge in [0.15, 0.2) is 0 Å². The summed E-state index contributed by atoms with van der Waals surface area (Å²) in [5.74, 6) is -0.846. The van der Waals surface area contributed by atoms with E-state index < -0.39 is 28.5 Å². The fourth-order valence-corrected chi connectivity index (χ4v) is 4.48. The summed E-state index contributed by atoms with van der Waals surface area (Å²) in [7, 11) is -3.77. The van der Waals surface area contributed by atoms with Crippen LogP contribution < -0.4 is 9.62 Å². The molecule has 7 nitrogen and oxygen atoms in total. The summed E-state index contributed by atoms with van der Waals surface area (Å²) >= 11 is 12.1. The lowest BCUT2D eigenvalue weighted by Gasteiger charge is -2.32. The number of benzene rings is 2. The second kappa shape index (κ2) is 11.7. The zero-order chi connectivity index (χ0) is 24.8. The number of nitrogens with zero attached hydrogens (tertiary/aromatic N) is 2. The van der Waals surface area contributed by atoms with Gasteiger partial charge < -0.3 is 10.2 Å². The molecule has 0 fully saturated rings. The van der Waals surface area contributed by atoms with Crippen LogP contribution in [0.5, 0.6) is 0 Å². The molecule has 2 rings (SSSR count). The van der Waals surface area contributed by atoms with Crippen LogP contribution in [0.4, 0.5) is 5.69 Å². The average molecular weight is 514 g/mol. The third kappa shape index (κ3) is 7.35. The molecule has 10 heteroatoms. The van der Waals surface area contributed by atoms with Crippen molar-refractivity contribution in [1.29, 1.82) is 0 Å². The first-order valence-electron chi connectivity index (χ1n) is 10.5. The monoisotopic (exact) mass is 513 g/mol. The summed E-state index contributed by atoms with van der Waals surface area (Å²) in [6.07, 6.45) is 1.79. The van der Waals surface area contributed by atoms with E-state index >= 15 is 0 Å². The minimum atomic E-state index is -3.77. The van der Waals surface area contributed by atoms with Gasteiger partial charge in [0.25, 0.3) is 0 Å². The van der Waals surface area contributed by atoms with Crippen LogP contribution in [0.1, 0.15) is 31.4 Å². The molecule has 0 unspecified atom stereocenters. The van der Waals surface area contributed by atoms with Crippen molar-refractivity contribution in [2.24, 2.45) is 0 Å². The molecule has 0 aromatic heterocycles. The Bertz CT molecular complexity index is 1110. The molecule has 0 bridgehead atoms. The van der Waals surface area contributed by atoms with Gasteiger partial charge in [0.2, 0.25) is 21.8 Å². The quantitative estimate of drug-likeness (QED) is 0.519. The van der Waals surface area contributed by atoms with E-state index in [1.54, 1.807) is 56.3 Å². The lowest BCUT2D eigenvalue weighted by molar-refractivity contribution is -0.139. The first-order valence-corrected chi connectivity index (χ1v) is 13.1. The zero-order valence-corrected chi connectivity index (χ0v) is 21.5. The van der Waals surface area contributed by atoms with Gasteiger partial charge in [0.05, 0.1) is 22.0 Å². The Hall–Kier alpha value is -2.29. The number of hydrogen-bond acceptors (Lipinski definition) is 4. The number of anilines is 1. The van der Waals surface area contributed by atoms with E-state index in [9.17, 15) is 18.0 Å². The van der Waals surface area contributed by atoms with E-state index in [1.165, 1.54) is 4.90 Å². The first kappa shape index (κ1) is 27.0. The molecular formula is C23H29Cl2N3O4S. The molecule has 1 atom stereocenters. The van der Waals surface area contributed by atoms with E-state index in [0.29, 0.717) is 33.4 Å². The molecule has 0 aliphatic carbocycles. The topological polar surface area (TPSA) is 86.8 Å². The van der Waals surface area contributed by atoms with Crippen LogP contribution in [0, 0.1) is 6.92 Å². The van der Waals surface area contributed by atoms with Crippen molar-refractivity contribution in [3.05, 3.63) is 63.6 Å². The fourth-order valence-electron chi connectivity index (χ4n) is 3.25. The highest BCUT2D eigenvalue weighted by atomic mass is 35.5. The highest BCUT2D eigenvalue weighted by Gasteiger charge is 2.30. The van der Waals surface area contributed by atoms with Crippen LogP contribution in [0.3, 0.4) is 0 Å². The third-order valence-corrected chi connectivity index (χ3v) is 6.98. The van der Waals surface area contributed by atoms with Crippen molar-refractivity contribution in [2.45, 2.75) is 39.8 Å². The molecule has 180 valence electrons. The molecule has 0 saturated heterocycles. The summed E-state index contributed by atoms with van der Waals surface area (Å²) in [5.41, 5.74) is 1.78. The highest BCUT2D eigenvalue weighted by molar-refractivity contribution is 7.92. The third-order valence-electron chi connectivity index (χ3n) is 5.12. The number of aryl methyl sites for hydroxylation is 1. The second-order valence-electron chi connectivity index (χ2n) is 7.79. The fraction of sp³-hybridized carbons (Fsp3) is 0.391. The summed E-state index contributed by atoms with van der Waals surface area (Å²) in [4.78, 5) is 27.5. The van der Waals surface area contributed by atoms with Crippen LogP contribution in [0.2, 0.25) is 10.0 Å². The molecule has 2 aromatic rings. The SMILES string of the molecule is CCCNC(=O)[C@H](C)N(Cc1ccc(Cl)c(Cl)c1)C(=O)CN(c1ccccc1C)S(C)(=O)=O. The number of sulfonamides is 1. The van der Waals surface area contributed by atoms with Gasteiger partial charge in [0, 0.05) is 13.1 Å². The van der Waals surface area contributed by atoms with Gasteiger partial charge in [-0.3, -0.25) is 13.9 Å². The Morgan fingerprint density at radius 2 is 1.76 bits per heavy atom. The molecule has 0 saturated carbocycles. The van der Waals surface area contributed by atoms with E-state index in [4.69, 9.17) is 23.2 Å². The van der Waals surface area contributed by atoms with Crippen molar-refractivity contribution < 1.29 is 18.0 Å².